The summed E-state index contributed by atoms with van der Waals surface area (Å²) in [7, 11) is 0. The Kier molecular flexibility index (Phi) is 3.17. The molecule has 0 heterocycles. The Labute approximate surface area is 64.6 Å². The lowest BCUT2D eigenvalue weighted by Crippen LogP contribution is -2.03. The second kappa shape index (κ2) is 3.46. The SMILES string of the molecule is B.FC(F)(F)c1ccccc1. The molecule has 0 unspecified atom stereocenters. The minimum absolute atomic E-state index is 0. The van der Waals surface area contributed by atoms with E-state index in [1.807, 2.05) is 0 Å². The van der Waals surface area contributed by atoms with Gasteiger partial charge in [-0.05, 0) is 0 Å². The molecule has 0 bridgehead atoms. The number of rotatable bonds is 0. The van der Waals surface area contributed by atoms with Crippen molar-refractivity contribution in [3.8, 4) is 0 Å². The Morgan fingerprint density at radius 2 is 1.36 bits per heavy atom. The lowest BCUT2D eigenvalue weighted by Gasteiger charge is -2.03. The third-order valence-electron chi connectivity index (χ3n) is 1.10. The molecular formula is C7H8BF3. The number of hydrogen-bond acceptors (Lipinski definition) is 0. The van der Waals surface area contributed by atoms with E-state index < -0.39 is 11.7 Å². The molecule has 0 aliphatic rings. The zero-order valence-corrected chi connectivity index (χ0v) is 5.02. The van der Waals surface area contributed by atoms with Crippen LogP contribution in [0.2, 0.25) is 0 Å². The fraction of sp³-hybridized carbons (Fsp3) is 0.143. The molecule has 0 aliphatic carbocycles. The molecule has 0 nitrogen and oxygen atoms in total. The van der Waals surface area contributed by atoms with E-state index in [4.69, 9.17) is 0 Å². The Hall–Kier alpha value is -0.925. The molecule has 4 heteroatoms. The van der Waals surface area contributed by atoms with Gasteiger partial charge in [0, 0.05) is 0 Å². The van der Waals surface area contributed by atoms with Crippen LogP contribution in [0.5, 0.6) is 0 Å². The van der Waals surface area contributed by atoms with Gasteiger partial charge in [-0.25, -0.2) is 0 Å². The van der Waals surface area contributed by atoms with E-state index in [-0.39, 0.29) is 8.41 Å². The van der Waals surface area contributed by atoms with Crippen molar-refractivity contribution in [3.63, 3.8) is 0 Å². The van der Waals surface area contributed by atoms with E-state index in [9.17, 15) is 13.2 Å². The van der Waals surface area contributed by atoms with Crippen molar-refractivity contribution in [1.29, 1.82) is 0 Å². The standard InChI is InChI=1S/C7H5F3.BH3/c8-7(9,10)6-4-2-1-3-5-6;/h1-5H;1H3. The fourth-order valence-corrected chi connectivity index (χ4v) is 0.627. The van der Waals surface area contributed by atoms with Crippen LogP contribution in [0, 0.1) is 0 Å². The summed E-state index contributed by atoms with van der Waals surface area (Å²) in [6, 6.07) is 6.36. The second-order valence-electron chi connectivity index (χ2n) is 1.86. The smallest absolute Gasteiger partial charge is 0.166 e. The lowest BCUT2D eigenvalue weighted by molar-refractivity contribution is -0.137. The third-order valence-corrected chi connectivity index (χ3v) is 1.10. The van der Waals surface area contributed by atoms with E-state index in [0.29, 0.717) is 0 Å². The van der Waals surface area contributed by atoms with Crippen molar-refractivity contribution in [1.82, 2.24) is 0 Å². The summed E-state index contributed by atoms with van der Waals surface area (Å²) in [6.45, 7) is 0. The van der Waals surface area contributed by atoms with Gasteiger partial charge in [0.05, 0.1) is 14.0 Å². The molecule has 1 aromatic rings. The van der Waals surface area contributed by atoms with Gasteiger partial charge in [0.25, 0.3) is 0 Å². The van der Waals surface area contributed by atoms with Crippen LogP contribution in [0.25, 0.3) is 0 Å². The van der Waals surface area contributed by atoms with Gasteiger partial charge in [-0.1, -0.05) is 30.3 Å². The first-order valence-corrected chi connectivity index (χ1v) is 2.73. The molecule has 11 heavy (non-hydrogen) atoms. The van der Waals surface area contributed by atoms with Crippen LogP contribution in [0.3, 0.4) is 0 Å². The summed E-state index contributed by atoms with van der Waals surface area (Å²) < 4.78 is 35.4. The molecule has 1 aromatic carbocycles. The maximum Gasteiger partial charge on any atom is 0.416 e. The Morgan fingerprint density at radius 3 is 1.64 bits per heavy atom. The number of hydrogen-bond donors (Lipinski definition) is 0. The summed E-state index contributed by atoms with van der Waals surface area (Å²) in [5, 5.41) is 0. The largest absolute Gasteiger partial charge is 0.416 e. The van der Waals surface area contributed by atoms with Crippen LogP contribution in [-0.4, -0.2) is 8.41 Å². The zero-order valence-electron chi connectivity index (χ0n) is 5.02. The van der Waals surface area contributed by atoms with Crippen LogP contribution >= 0.6 is 0 Å². The maximum atomic E-state index is 11.8. The van der Waals surface area contributed by atoms with Crippen LogP contribution in [0.4, 0.5) is 13.2 Å². The minimum Gasteiger partial charge on any atom is -0.166 e. The summed E-state index contributed by atoms with van der Waals surface area (Å²) in [5.41, 5.74) is -0.602. The Morgan fingerprint density at radius 1 is 0.909 bits per heavy atom. The molecule has 0 N–H and O–H groups in total. The van der Waals surface area contributed by atoms with Crippen LogP contribution < -0.4 is 0 Å². The molecule has 0 atom stereocenters. The first kappa shape index (κ1) is 10.1. The summed E-state index contributed by atoms with van der Waals surface area (Å²) >= 11 is 0. The minimum atomic E-state index is -4.21. The van der Waals surface area contributed by atoms with Gasteiger partial charge in [-0.15, -0.1) is 0 Å². The summed E-state index contributed by atoms with van der Waals surface area (Å²) in [4.78, 5) is 0. The van der Waals surface area contributed by atoms with Gasteiger partial charge in [-0.3, -0.25) is 0 Å². The van der Waals surface area contributed by atoms with Crippen LogP contribution in [0.1, 0.15) is 5.56 Å². The van der Waals surface area contributed by atoms with Gasteiger partial charge in [-0.2, -0.15) is 13.2 Å². The van der Waals surface area contributed by atoms with E-state index >= 15 is 0 Å². The predicted molar refractivity (Wildman–Crippen MR) is 41.4 cm³/mol. The number of halogens is 3. The molecule has 0 radical (unpaired) electrons. The normalized spacial score (nSPS) is 10.5. The van der Waals surface area contributed by atoms with E-state index in [1.165, 1.54) is 12.1 Å². The quantitative estimate of drug-likeness (QED) is 0.504. The van der Waals surface area contributed by atoms with E-state index in [2.05, 4.69) is 0 Å². The number of benzene rings is 1. The van der Waals surface area contributed by atoms with Crippen molar-refractivity contribution in [3.05, 3.63) is 35.9 Å². The highest BCUT2D eigenvalue weighted by molar-refractivity contribution is 5.75. The molecule has 60 valence electrons. The molecule has 0 saturated heterocycles. The first-order valence-electron chi connectivity index (χ1n) is 2.73. The predicted octanol–water partition coefficient (Wildman–Crippen LogP) is 1.52. The number of alkyl halides is 3. The van der Waals surface area contributed by atoms with Gasteiger partial charge in [0.1, 0.15) is 0 Å². The molecule has 0 aromatic heterocycles. The van der Waals surface area contributed by atoms with Gasteiger partial charge < -0.3 is 0 Å². The molecule has 0 spiro atoms. The monoisotopic (exact) mass is 160 g/mol. The molecule has 0 saturated carbocycles. The highest BCUT2D eigenvalue weighted by Gasteiger charge is 2.29. The first-order chi connectivity index (χ1) is 4.61. The Balaban J connectivity index is 0.000001000. The van der Waals surface area contributed by atoms with Gasteiger partial charge in [0.15, 0.2) is 0 Å². The topological polar surface area (TPSA) is 0 Å². The molecule has 0 amide bonds. The highest BCUT2D eigenvalue weighted by atomic mass is 19.4. The summed E-state index contributed by atoms with van der Waals surface area (Å²) in [6.07, 6.45) is -4.21. The highest BCUT2D eigenvalue weighted by Crippen LogP contribution is 2.28. The van der Waals surface area contributed by atoms with E-state index in [1.54, 1.807) is 6.07 Å². The summed E-state index contributed by atoms with van der Waals surface area (Å²) in [5.74, 6) is 0. The zero-order chi connectivity index (χ0) is 7.61. The molecule has 0 aliphatic heterocycles. The van der Waals surface area contributed by atoms with Crippen LogP contribution in [0.15, 0.2) is 30.3 Å². The average Bonchev–Trinajstić information content (AvgIpc) is 1.88. The third kappa shape index (κ3) is 2.66. The van der Waals surface area contributed by atoms with Crippen molar-refractivity contribution in [2.45, 2.75) is 6.18 Å². The second-order valence-corrected chi connectivity index (χ2v) is 1.86. The van der Waals surface area contributed by atoms with Crippen molar-refractivity contribution in [2.24, 2.45) is 0 Å². The molecule has 0 fully saturated rings. The van der Waals surface area contributed by atoms with Crippen LogP contribution in [-0.2, 0) is 6.18 Å². The molecular weight excluding hydrogens is 152 g/mol. The lowest BCUT2D eigenvalue weighted by atomic mass is 10.2. The molecule has 1 rings (SSSR count). The van der Waals surface area contributed by atoms with Crippen molar-refractivity contribution >= 4 is 8.41 Å². The van der Waals surface area contributed by atoms with Crippen molar-refractivity contribution < 1.29 is 13.2 Å². The van der Waals surface area contributed by atoms with E-state index in [0.717, 1.165) is 12.1 Å². The average molecular weight is 160 g/mol. The maximum absolute atomic E-state index is 11.8. The fourth-order valence-electron chi connectivity index (χ4n) is 0.627. The van der Waals surface area contributed by atoms with Gasteiger partial charge in [0.2, 0.25) is 0 Å². The van der Waals surface area contributed by atoms with Crippen molar-refractivity contribution in [2.75, 3.05) is 0 Å². The van der Waals surface area contributed by atoms with Gasteiger partial charge >= 0.3 is 6.18 Å². The Bertz CT molecular complexity index is 205.